The van der Waals surface area contributed by atoms with Gasteiger partial charge in [0.1, 0.15) is 5.78 Å². The van der Waals surface area contributed by atoms with Gasteiger partial charge < -0.3 is 5.32 Å². The van der Waals surface area contributed by atoms with E-state index >= 15 is 0 Å². The Hall–Kier alpha value is 0.160. The van der Waals surface area contributed by atoms with Crippen LogP contribution in [0.25, 0.3) is 0 Å². The number of carbonyl (C=O) groups is 1. The molecule has 0 aromatic carbocycles. The van der Waals surface area contributed by atoms with Gasteiger partial charge in [0, 0.05) is 41.8 Å². The molecule has 0 spiro atoms. The molecule has 1 N–H and O–H groups in total. The van der Waals surface area contributed by atoms with E-state index in [1.54, 1.807) is 11.3 Å². The summed E-state index contributed by atoms with van der Waals surface area (Å²) in [6, 6.07) is 4.41. The van der Waals surface area contributed by atoms with Gasteiger partial charge in [-0.05, 0) is 28.1 Å². The number of hydrogen-bond donors (Lipinski definition) is 1. The lowest BCUT2D eigenvalue weighted by atomic mass is 10.1. The van der Waals surface area contributed by atoms with Crippen LogP contribution in [0.4, 0.5) is 0 Å². The Labute approximate surface area is 112 Å². The fourth-order valence-corrected chi connectivity index (χ4v) is 4.20. The second-order valence-electron chi connectivity index (χ2n) is 3.85. The number of ketones is 1. The Kier molecular flexibility index (Phi) is 4.88. The molecule has 0 radical (unpaired) electrons. The first-order valence-electron chi connectivity index (χ1n) is 5.31. The SMILES string of the molecule is O=C(Cc1ccc(Br)s1)CC1CSCCN1. The van der Waals surface area contributed by atoms with Gasteiger partial charge >= 0.3 is 0 Å². The number of carbonyl (C=O) groups excluding carboxylic acids is 1. The highest BCUT2D eigenvalue weighted by Gasteiger charge is 2.17. The third-order valence-electron chi connectivity index (χ3n) is 2.47. The second kappa shape index (κ2) is 6.19. The van der Waals surface area contributed by atoms with Crippen molar-refractivity contribution in [2.24, 2.45) is 0 Å². The van der Waals surface area contributed by atoms with Gasteiger partial charge in [-0.1, -0.05) is 0 Å². The summed E-state index contributed by atoms with van der Waals surface area (Å²) in [6.45, 7) is 1.03. The van der Waals surface area contributed by atoms with Crippen molar-refractivity contribution in [3.8, 4) is 0 Å². The maximum absolute atomic E-state index is 11.8. The van der Waals surface area contributed by atoms with E-state index in [1.807, 2.05) is 23.9 Å². The molecule has 0 amide bonds. The van der Waals surface area contributed by atoms with E-state index < -0.39 is 0 Å². The average Bonchev–Trinajstić information content (AvgIpc) is 2.65. The summed E-state index contributed by atoms with van der Waals surface area (Å²) in [5, 5.41) is 3.39. The van der Waals surface area contributed by atoms with Crippen LogP contribution in [-0.4, -0.2) is 29.9 Å². The molecule has 1 saturated heterocycles. The Morgan fingerprint density at radius 3 is 3.06 bits per heavy atom. The quantitative estimate of drug-likeness (QED) is 0.925. The van der Waals surface area contributed by atoms with Crippen molar-refractivity contribution in [2.45, 2.75) is 18.9 Å². The summed E-state index contributed by atoms with van der Waals surface area (Å²) < 4.78 is 1.10. The molecule has 2 heterocycles. The van der Waals surface area contributed by atoms with Crippen LogP contribution in [0.5, 0.6) is 0 Å². The number of rotatable bonds is 4. The van der Waals surface area contributed by atoms with Crippen LogP contribution >= 0.6 is 39.0 Å². The first-order valence-corrected chi connectivity index (χ1v) is 8.07. The molecule has 1 unspecified atom stereocenters. The lowest BCUT2D eigenvalue weighted by Gasteiger charge is -2.22. The normalized spacial score (nSPS) is 20.9. The van der Waals surface area contributed by atoms with Crippen molar-refractivity contribution in [3.63, 3.8) is 0 Å². The number of thiophene rings is 1. The van der Waals surface area contributed by atoms with Crippen LogP contribution in [0, 0.1) is 0 Å². The Balaban J connectivity index is 1.79. The monoisotopic (exact) mass is 319 g/mol. The van der Waals surface area contributed by atoms with Gasteiger partial charge in [0.2, 0.25) is 0 Å². The highest BCUT2D eigenvalue weighted by molar-refractivity contribution is 9.11. The van der Waals surface area contributed by atoms with Gasteiger partial charge in [-0.3, -0.25) is 4.79 Å². The van der Waals surface area contributed by atoms with E-state index in [-0.39, 0.29) is 0 Å². The molecule has 0 bridgehead atoms. The molecule has 2 rings (SSSR count). The number of nitrogens with one attached hydrogen (secondary N) is 1. The summed E-state index contributed by atoms with van der Waals surface area (Å²) in [6.07, 6.45) is 1.25. The van der Waals surface area contributed by atoms with Crippen molar-refractivity contribution >= 4 is 44.8 Å². The molecular formula is C11H14BrNOS2. The number of hydrogen-bond acceptors (Lipinski definition) is 4. The summed E-state index contributed by atoms with van der Waals surface area (Å²) >= 11 is 7.00. The molecule has 1 atom stereocenters. The van der Waals surface area contributed by atoms with Crippen LogP contribution in [-0.2, 0) is 11.2 Å². The molecule has 88 valence electrons. The molecule has 1 aromatic heterocycles. The van der Waals surface area contributed by atoms with Crippen LogP contribution < -0.4 is 5.32 Å². The lowest BCUT2D eigenvalue weighted by Crippen LogP contribution is -2.39. The van der Waals surface area contributed by atoms with Crippen molar-refractivity contribution in [1.82, 2.24) is 5.32 Å². The Morgan fingerprint density at radius 1 is 1.56 bits per heavy atom. The van der Waals surface area contributed by atoms with Crippen LogP contribution in [0.1, 0.15) is 11.3 Å². The molecule has 1 fully saturated rings. The van der Waals surface area contributed by atoms with Gasteiger partial charge in [0.15, 0.2) is 0 Å². The smallest absolute Gasteiger partial charge is 0.139 e. The molecule has 1 aromatic rings. The van der Waals surface area contributed by atoms with Crippen LogP contribution in [0.2, 0.25) is 0 Å². The van der Waals surface area contributed by atoms with Gasteiger partial charge in [0.25, 0.3) is 0 Å². The summed E-state index contributed by atoms with van der Waals surface area (Å²) in [4.78, 5) is 13.0. The van der Waals surface area contributed by atoms with E-state index in [1.165, 1.54) is 5.75 Å². The maximum Gasteiger partial charge on any atom is 0.139 e. The van der Waals surface area contributed by atoms with E-state index in [4.69, 9.17) is 0 Å². The van der Waals surface area contributed by atoms with E-state index in [2.05, 4.69) is 21.2 Å². The largest absolute Gasteiger partial charge is 0.312 e. The van der Waals surface area contributed by atoms with Crippen molar-refractivity contribution in [2.75, 3.05) is 18.1 Å². The highest BCUT2D eigenvalue weighted by atomic mass is 79.9. The Morgan fingerprint density at radius 2 is 2.44 bits per heavy atom. The van der Waals surface area contributed by atoms with Gasteiger partial charge in [-0.25, -0.2) is 0 Å². The third kappa shape index (κ3) is 3.87. The predicted molar refractivity (Wildman–Crippen MR) is 74.5 cm³/mol. The minimum Gasteiger partial charge on any atom is -0.312 e. The van der Waals surface area contributed by atoms with Gasteiger partial charge in [0.05, 0.1) is 3.79 Å². The zero-order valence-corrected chi connectivity index (χ0v) is 12.1. The Bertz CT molecular complexity index is 361. The third-order valence-corrected chi connectivity index (χ3v) is 5.23. The van der Waals surface area contributed by atoms with E-state index in [9.17, 15) is 4.79 Å². The van der Waals surface area contributed by atoms with Gasteiger partial charge in [-0.2, -0.15) is 11.8 Å². The summed E-state index contributed by atoms with van der Waals surface area (Å²) in [5.74, 6) is 2.58. The molecular weight excluding hydrogens is 306 g/mol. The minimum absolute atomic E-state index is 0.342. The average molecular weight is 320 g/mol. The standard InChI is InChI=1S/C11H14BrNOS2/c12-11-2-1-10(16-11)6-9(14)5-8-7-15-4-3-13-8/h1-2,8,13H,3-7H2. The first-order chi connectivity index (χ1) is 7.74. The maximum atomic E-state index is 11.8. The van der Waals surface area contributed by atoms with E-state index in [0.29, 0.717) is 24.7 Å². The fraction of sp³-hybridized carbons (Fsp3) is 0.545. The van der Waals surface area contributed by atoms with E-state index in [0.717, 1.165) is 21.0 Å². The molecule has 0 saturated carbocycles. The lowest BCUT2D eigenvalue weighted by molar-refractivity contribution is -0.118. The topological polar surface area (TPSA) is 29.1 Å². The summed E-state index contributed by atoms with van der Waals surface area (Å²) in [7, 11) is 0. The molecule has 16 heavy (non-hydrogen) atoms. The predicted octanol–water partition coefficient (Wildman–Crippen LogP) is 2.72. The van der Waals surface area contributed by atoms with Crippen molar-refractivity contribution < 1.29 is 4.79 Å². The fourth-order valence-electron chi connectivity index (χ4n) is 1.74. The number of thioether (sulfide) groups is 1. The van der Waals surface area contributed by atoms with Gasteiger partial charge in [-0.15, -0.1) is 11.3 Å². The zero-order valence-electron chi connectivity index (χ0n) is 8.87. The molecule has 1 aliphatic rings. The van der Waals surface area contributed by atoms with Crippen LogP contribution in [0.15, 0.2) is 15.9 Å². The number of halogens is 1. The van der Waals surface area contributed by atoms with Crippen LogP contribution in [0.3, 0.4) is 0 Å². The second-order valence-corrected chi connectivity index (χ2v) is 7.55. The van der Waals surface area contributed by atoms with Crippen molar-refractivity contribution in [1.29, 1.82) is 0 Å². The molecule has 1 aliphatic heterocycles. The molecule has 5 heteroatoms. The zero-order chi connectivity index (χ0) is 11.4. The minimum atomic E-state index is 0.342. The van der Waals surface area contributed by atoms with Crippen molar-refractivity contribution in [3.05, 3.63) is 20.8 Å². The first kappa shape index (κ1) is 12.6. The molecule has 0 aliphatic carbocycles. The summed E-state index contributed by atoms with van der Waals surface area (Å²) in [5.41, 5.74) is 0. The highest BCUT2D eigenvalue weighted by Crippen LogP contribution is 2.23. The number of Topliss-reactive ketones (excluding diaryl/α,β-unsaturated/α-hetero) is 1. The molecule has 2 nitrogen and oxygen atoms in total.